The van der Waals surface area contributed by atoms with E-state index < -0.39 is 0 Å². The SMILES string of the molecule is C=O.Cc1cc(=O)oc2cc(NCCCc3ccccc3)ccc12.[HH]. The molecule has 0 aliphatic carbocycles. The quantitative estimate of drug-likeness (QED) is 0.564. The molecule has 4 nitrogen and oxygen atoms in total. The maximum Gasteiger partial charge on any atom is 0.336 e. The fourth-order valence-electron chi connectivity index (χ4n) is 2.60. The first kappa shape index (κ1) is 17.5. The Bertz CT molecular complexity index is 846. The minimum absolute atomic E-state index is 0. The summed E-state index contributed by atoms with van der Waals surface area (Å²) in [5.74, 6) is 0. The van der Waals surface area contributed by atoms with Crippen molar-refractivity contribution in [3.8, 4) is 0 Å². The van der Waals surface area contributed by atoms with E-state index in [9.17, 15) is 4.79 Å². The van der Waals surface area contributed by atoms with Gasteiger partial charge in [0.1, 0.15) is 12.4 Å². The van der Waals surface area contributed by atoms with Crippen LogP contribution in [0.15, 0.2) is 63.8 Å². The lowest BCUT2D eigenvalue weighted by molar-refractivity contribution is -0.0979. The largest absolute Gasteiger partial charge is 0.423 e. The molecule has 3 rings (SSSR count). The van der Waals surface area contributed by atoms with Gasteiger partial charge in [0, 0.05) is 31.2 Å². The third kappa shape index (κ3) is 4.56. The van der Waals surface area contributed by atoms with Crippen molar-refractivity contribution in [1.82, 2.24) is 0 Å². The number of benzene rings is 2. The predicted molar refractivity (Wildman–Crippen MR) is 99.7 cm³/mol. The van der Waals surface area contributed by atoms with E-state index in [1.54, 1.807) is 0 Å². The molecule has 1 aromatic heterocycles. The fraction of sp³-hybridized carbons (Fsp3) is 0.200. The van der Waals surface area contributed by atoms with Gasteiger partial charge in [-0.3, -0.25) is 0 Å². The zero-order chi connectivity index (χ0) is 17.4. The molecule has 4 heteroatoms. The third-order valence-corrected chi connectivity index (χ3v) is 3.77. The summed E-state index contributed by atoms with van der Waals surface area (Å²) in [5.41, 5.74) is 3.62. The molecule has 2 aromatic carbocycles. The first-order chi connectivity index (χ1) is 11.7. The summed E-state index contributed by atoms with van der Waals surface area (Å²) in [6.45, 7) is 4.81. The van der Waals surface area contributed by atoms with Crippen LogP contribution < -0.4 is 10.9 Å². The Morgan fingerprint density at radius 3 is 2.58 bits per heavy atom. The molecule has 0 spiro atoms. The van der Waals surface area contributed by atoms with Crippen LogP contribution in [-0.2, 0) is 11.2 Å². The molecule has 3 aromatic rings. The average Bonchev–Trinajstić information content (AvgIpc) is 2.61. The number of hydrogen-bond donors (Lipinski definition) is 1. The summed E-state index contributed by atoms with van der Waals surface area (Å²) in [4.78, 5) is 19.4. The summed E-state index contributed by atoms with van der Waals surface area (Å²) in [7, 11) is 0. The number of carbonyl (C=O) groups is 1. The summed E-state index contributed by atoms with van der Waals surface area (Å²) in [6, 6.07) is 17.9. The van der Waals surface area contributed by atoms with Crippen molar-refractivity contribution in [2.45, 2.75) is 19.8 Å². The lowest BCUT2D eigenvalue weighted by Crippen LogP contribution is -2.03. The number of fused-ring (bicyclic) bond motifs is 1. The Balaban J connectivity index is 0.00000101. The first-order valence-electron chi connectivity index (χ1n) is 7.83. The molecule has 1 heterocycles. The predicted octanol–water partition coefficient (Wildman–Crippen LogP) is 4.21. The van der Waals surface area contributed by atoms with Crippen LogP contribution >= 0.6 is 0 Å². The molecule has 1 N–H and O–H groups in total. The fourth-order valence-corrected chi connectivity index (χ4v) is 2.60. The topological polar surface area (TPSA) is 59.3 Å². The number of hydrogen-bond acceptors (Lipinski definition) is 4. The highest BCUT2D eigenvalue weighted by Gasteiger charge is 2.03. The van der Waals surface area contributed by atoms with Crippen LogP contribution in [0.25, 0.3) is 11.0 Å². The molecule has 0 saturated carbocycles. The van der Waals surface area contributed by atoms with Gasteiger partial charge in [0.2, 0.25) is 0 Å². The van der Waals surface area contributed by atoms with Gasteiger partial charge >= 0.3 is 5.63 Å². The standard InChI is InChI=1S/C19H19NO2.CH2O.H2/c1-14-12-19(21)22-18-13-16(9-10-17(14)18)20-11-5-8-15-6-3-2-4-7-15;1-2;/h2-4,6-7,9-10,12-13,20H,5,8,11H2,1H3;1H2;1H. The minimum Gasteiger partial charge on any atom is -0.423 e. The second kappa shape index (κ2) is 8.67. The molecule has 0 saturated heterocycles. The van der Waals surface area contributed by atoms with E-state index in [0.29, 0.717) is 5.58 Å². The first-order valence-corrected chi connectivity index (χ1v) is 7.83. The normalized spacial score (nSPS) is 10.0. The molecule has 0 bridgehead atoms. The summed E-state index contributed by atoms with van der Waals surface area (Å²) >= 11 is 0. The van der Waals surface area contributed by atoms with E-state index in [1.165, 1.54) is 11.6 Å². The molecule has 126 valence electrons. The van der Waals surface area contributed by atoms with Crippen LogP contribution in [0.3, 0.4) is 0 Å². The second-order valence-electron chi connectivity index (χ2n) is 5.48. The van der Waals surface area contributed by atoms with Crippen molar-refractivity contribution in [2.24, 2.45) is 0 Å². The maximum atomic E-state index is 11.4. The summed E-state index contributed by atoms with van der Waals surface area (Å²) < 4.78 is 5.26. The maximum absolute atomic E-state index is 11.4. The molecule has 0 aliphatic heterocycles. The molecule has 24 heavy (non-hydrogen) atoms. The van der Waals surface area contributed by atoms with Crippen molar-refractivity contribution in [3.63, 3.8) is 0 Å². The third-order valence-electron chi connectivity index (χ3n) is 3.77. The Morgan fingerprint density at radius 1 is 1.08 bits per heavy atom. The van der Waals surface area contributed by atoms with Crippen molar-refractivity contribution in [1.29, 1.82) is 0 Å². The number of nitrogens with one attached hydrogen (secondary N) is 1. The Morgan fingerprint density at radius 2 is 1.83 bits per heavy atom. The number of aryl methyl sites for hydroxylation is 2. The van der Waals surface area contributed by atoms with E-state index in [0.717, 1.165) is 36.0 Å². The molecule has 0 fully saturated rings. The number of carbonyl (C=O) groups excluding carboxylic acids is 1. The van der Waals surface area contributed by atoms with Crippen LogP contribution in [0.1, 0.15) is 19.0 Å². The zero-order valence-corrected chi connectivity index (χ0v) is 13.7. The van der Waals surface area contributed by atoms with E-state index in [1.807, 2.05) is 38.0 Å². The molecule has 0 radical (unpaired) electrons. The lowest BCUT2D eigenvalue weighted by Gasteiger charge is -2.08. The van der Waals surface area contributed by atoms with E-state index >= 15 is 0 Å². The van der Waals surface area contributed by atoms with Gasteiger partial charge in [0.05, 0.1) is 0 Å². The molecule has 0 amide bonds. The van der Waals surface area contributed by atoms with Crippen LogP contribution in [0.2, 0.25) is 0 Å². The minimum atomic E-state index is -0.300. The number of rotatable bonds is 5. The number of anilines is 1. The van der Waals surface area contributed by atoms with E-state index in [2.05, 4.69) is 29.6 Å². The molecule has 0 aliphatic rings. The van der Waals surface area contributed by atoms with Crippen molar-refractivity contribution in [3.05, 3.63) is 76.1 Å². The molecule has 0 unspecified atom stereocenters. The zero-order valence-electron chi connectivity index (χ0n) is 13.7. The van der Waals surface area contributed by atoms with Gasteiger partial charge in [-0.05, 0) is 43.0 Å². The van der Waals surface area contributed by atoms with E-state index in [4.69, 9.17) is 9.21 Å². The van der Waals surface area contributed by atoms with Gasteiger partial charge in [0.15, 0.2) is 0 Å². The monoisotopic (exact) mass is 325 g/mol. The van der Waals surface area contributed by atoms with Crippen molar-refractivity contribution >= 4 is 23.4 Å². The summed E-state index contributed by atoms with van der Waals surface area (Å²) in [5, 5.41) is 4.36. The van der Waals surface area contributed by atoms with Crippen LogP contribution in [0.5, 0.6) is 0 Å². The van der Waals surface area contributed by atoms with Gasteiger partial charge in [-0.25, -0.2) is 4.79 Å². The highest BCUT2D eigenvalue weighted by Crippen LogP contribution is 2.20. The highest BCUT2D eigenvalue weighted by atomic mass is 16.4. The Kier molecular flexibility index (Phi) is 6.32. The van der Waals surface area contributed by atoms with Crippen LogP contribution in [0, 0.1) is 6.92 Å². The van der Waals surface area contributed by atoms with Crippen LogP contribution in [0.4, 0.5) is 5.69 Å². The Hall–Kier alpha value is -2.88. The average molecular weight is 325 g/mol. The van der Waals surface area contributed by atoms with Crippen LogP contribution in [-0.4, -0.2) is 13.3 Å². The second-order valence-corrected chi connectivity index (χ2v) is 5.48. The summed E-state index contributed by atoms with van der Waals surface area (Å²) in [6.07, 6.45) is 2.11. The lowest BCUT2D eigenvalue weighted by atomic mass is 10.1. The Labute approximate surface area is 142 Å². The van der Waals surface area contributed by atoms with Gasteiger partial charge in [-0.15, -0.1) is 0 Å². The van der Waals surface area contributed by atoms with E-state index in [-0.39, 0.29) is 7.05 Å². The van der Waals surface area contributed by atoms with Crippen molar-refractivity contribution in [2.75, 3.05) is 11.9 Å². The van der Waals surface area contributed by atoms with Crippen molar-refractivity contribution < 1.29 is 10.6 Å². The van der Waals surface area contributed by atoms with Gasteiger partial charge in [0.25, 0.3) is 0 Å². The van der Waals surface area contributed by atoms with Gasteiger partial charge in [-0.1, -0.05) is 30.3 Å². The van der Waals surface area contributed by atoms with Gasteiger partial charge < -0.3 is 14.5 Å². The highest BCUT2D eigenvalue weighted by molar-refractivity contribution is 5.83. The molecular weight excluding hydrogens is 302 g/mol. The van der Waals surface area contributed by atoms with Gasteiger partial charge in [-0.2, -0.15) is 0 Å². The molecule has 0 atom stereocenters. The smallest absolute Gasteiger partial charge is 0.336 e. The molecular formula is C20H23NO3.